The average Bonchev–Trinajstić information content (AvgIpc) is 2.91. The maximum absolute atomic E-state index is 10.5. The van der Waals surface area contributed by atoms with Crippen molar-refractivity contribution in [3.8, 4) is 5.75 Å². The standard InChI is InChI=1S/C19H30O3Si/c1-18(2,23(3,4)20)14-11-17-15-9-5-6-10-16(15)21-19(22-17)12-7-8-13-19/h5-6,9-10,17,20H,7-8,11-14H2,1-4H3/t17-/m0/s1. The summed E-state index contributed by atoms with van der Waals surface area (Å²) in [6.07, 6.45) is 6.31. The van der Waals surface area contributed by atoms with Crippen LogP contribution in [0.2, 0.25) is 18.1 Å². The van der Waals surface area contributed by atoms with Gasteiger partial charge in [-0.1, -0.05) is 32.0 Å². The second kappa shape index (κ2) is 5.90. The van der Waals surface area contributed by atoms with E-state index in [0.717, 1.165) is 31.4 Å². The maximum atomic E-state index is 10.5. The van der Waals surface area contributed by atoms with Gasteiger partial charge in [-0.15, -0.1) is 0 Å². The van der Waals surface area contributed by atoms with Crippen LogP contribution in [-0.2, 0) is 4.74 Å². The van der Waals surface area contributed by atoms with Crippen LogP contribution in [0.25, 0.3) is 0 Å². The molecular weight excluding hydrogens is 304 g/mol. The molecule has 0 bridgehead atoms. The number of fused-ring (bicyclic) bond motifs is 1. The molecule has 1 heterocycles. The molecule has 4 heteroatoms. The molecular formula is C19H30O3Si. The van der Waals surface area contributed by atoms with E-state index in [-0.39, 0.29) is 11.1 Å². The number of para-hydroxylation sites is 1. The van der Waals surface area contributed by atoms with Crippen LogP contribution in [0.3, 0.4) is 0 Å². The summed E-state index contributed by atoms with van der Waals surface area (Å²) in [6.45, 7) is 8.44. The van der Waals surface area contributed by atoms with Gasteiger partial charge in [0.2, 0.25) is 5.79 Å². The second-order valence-corrected chi connectivity index (χ2v) is 12.8. The van der Waals surface area contributed by atoms with Crippen molar-refractivity contribution in [2.45, 2.75) is 82.4 Å². The van der Waals surface area contributed by atoms with E-state index in [4.69, 9.17) is 9.47 Å². The van der Waals surface area contributed by atoms with Crippen molar-refractivity contribution in [1.29, 1.82) is 0 Å². The zero-order chi connectivity index (χ0) is 16.7. The Morgan fingerprint density at radius 1 is 1.22 bits per heavy atom. The van der Waals surface area contributed by atoms with Gasteiger partial charge in [0, 0.05) is 18.4 Å². The summed E-state index contributed by atoms with van der Waals surface area (Å²) in [5, 5.41) is -0.0214. The number of ether oxygens (including phenoxy) is 2. The molecule has 23 heavy (non-hydrogen) atoms. The van der Waals surface area contributed by atoms with Crippen molar-refractivity contribution >= 4 is 8.32 Å². The first kappa shape index (κ1) is 17.0. The van der Waals surface area contributed by atoms with Gasteiger partial charge in [0.1, 0.15) is 5.75 Å². The molecule has 0 unspecified atom stereocenters. The predicted molar refractivity (Wildman–Crippen MR) is 95.1 cm³/mol. The van der Waals surface area contributed by atoms with E-state index in [2.05, 4.69) is 32.0 Å². The Hall–Kier alpha value is -0.843. The summed E-state index contributed by atoms with van der Waals surface area (Å²) in [6, 6.07) is 8.29. The molecule has 1 aliphatic heterocycles. The molecule has 0 amide bonds. The third-order valence-electron chi connectivity index (χ3n) is 5.97. The van der Waals surface area contributed by atoms with Gasteiger partial charge in [0.05, 0.1) is 6.10 Å². The highest BCUT2D eigenvalue weighted by atomic mass is 28.4. The predicted octanol–water partition coefficient (Wildman–Crippen LogP) is 5.16. The van der Waals surface area contributed by atoms with Crippen LogP contribution in [0.15, 0.2) is 24.3 Å². The Labute approximate surface area is 141 Å². The molecule has 1 aliphatic carbocycles. The summed E-state index contributed by atoms with van der Waals surface area (Å²) in [4.78, 5) is 10.5. The molecule has 0 aromatic heterocycles. The molecule has 1 spiro atoms. The molecule has 1 aromatic carbocycles. The fourth-order valence-electron chi connectivity index (χ4n) is 3.53. The number of hydrogen-bond donors (Lipinski definition) is 1. The first-order valence-corrected chi connectivity index (χ1v) is 11.9. The molecule has 2 aliphatic rings. The molecule has 1 N–H and O–H groups in total. The topological polar surface area (TPSA) is 38.7 Å². The van der Waals surface area contributed by atoms with Crippen molar-refractivity contribution in [2.24, 2.45) is 0 Å². The monoisotopic (exact) mass is 334 g/mol. The summed E-state index contributed by atoms with van der Waals surface area (Å²) >= 11 is 0. The Balaban J connectivity index is 1.80. The van der Waals surface area contributed by atoms with E-state index in [1.165, 1.54) is 18.4 Å². The third-order valence-corrected chi connectivity index (χ3v) is 9.53. The highest BCUT2D eigenvalue weighted by Gasteiger charge is 2.45. The Bertz CT molecular complexity index is 556. The highest BCUT2D eigenvalue weighted by molar-refractivity contribution is 6.72. The number of rotatable bonds is 4. The summed E-state index contributed by atoms with van der Waals surface area (Å²) in [5.41, 5.74) is 1.17. The highest BCUT2D eigenvalue weighted by Crippen LogP contribution is 2.49. The molecule has 0 saturated heterocycles. The molecule has 1 aromatic rings. The van der Waals surface area contributed by atoms with Crippen LogP contribution < -0.4 is 4.74 Å². The minimum atomic E-state index is -2.19. The normalized spacial score (nSPS) is 23.6. The smallest absolute Gasteiger partial charge is 0.211 e. The van der Waals surface area contributed by atoms with Crippen LogP contribution in [0.1, 0.15) is 64.0 Å². The minimum absolute atomic E-state index is 0.0214. The van der Waals surface area contributed by atoms with E-state index in [1.54, 1.807) is 0 Å². The molecule has 128 valence electrons. The number of benzene rings is 1. The van der Waals surface area contributed by atoms with E-state index in [1.807, 2.05) is 19.2 Å². The third kappa shape index (κ3) is 3.35. The van der Waals surface area contributed by atoms with Gasteiger partial charge in [-0.2, -0.15) is 0 Å². The van der Waals surface area contributed by atoms with E-state index < -0.39 is 14.1 Å². The second-order valence-electron chi connectivity index (χ2n) is 8.35. The Morgan fingerprint density at radius 2 is 1.87 bits per heavy atom. The molecule has 1 saturated carbocycles. The van der Waals surface area contributed by atoms with Gasteiger partial charge in [0.15, 0.2) is 8.32 Å². The Morgan fingerprint density at radius 3 is 2.52 bits per heavy atom. The molecule has 1 atom stereocenters. The molecule has 0 radical (unpaired) electrons. The first-order chi connectivity index (χ1) is 10.7. The first-order valence-electron chi connectivity index (χ1n) is 8.91. The van der Waals surface area contributed by atoms with E-state index >= 15 is 0 Å². The van der Waals surface area contributed by atoms with Crippen LogP contribution in [-0.4, -0.2) is 18.9 Å². The van der Waals surface area contributed by atoms with Crippen molar-refractivity contribution in [3.63, 3.8) is 0 Å². The van der Waals surface area contributed by atoms with Crippen LogP contribution in [0.5, 0.6) is 5.75 Å². The van der Waals surface area contributed by atoms with Crippen LogP contribution in [0.4, 0.5) is 0 Å². The van der Waals surface area contributed by atoms with Gasteiger partial charge < -0.3 is 14.3 Å². The van der Waals surface area contributed by atoms with Gasteiger partial charge in [0.25, 0.3) is 0 Å². The maximum Gasteiger partial charge on any atom is 0.211 e. The van der Waals surface area contributed by atoms with Crippen LogP contribution in [0, 0.1) is 0 Å². The zero-order valence-corrected chi connectivity index (χ0v) is 15.9. The summed E-state index contributed by atoms with van der Waals surface area (Å²) in [7, 11) is -2.19. The fourth-order valence-corrected chi connectivity index (χ4v) is 4.29. The molecule has 3 rings (SSSR count). The van der Waals surface area contributed by atoms with Gasteiger partial charge >= 0.3 is 0 Å². The van der Waals surface area contributed by atoms with Crippen molar-refractivity contribution in [2.75, 3.05) is 0 Å². The molecule has 3 nitrogen and oxygen atoms in total. The van der Waals surface area contributed by atoms with Gasteiger partial charge in [-0.05, 0) is 49.9 Å². The largest absolute Gasteiger partial charge is 0.462 e. The van der Waals surface area contributed by atoms with Gasteiger partial charge in [-0.25, -0.2) is 0 Å². The Kier molecular flexibility index (Phi) is 4.36. The van der Waals surface area contributed by atoms with Crippen molar-refractivity contribution < 1.29 is 14.3 Å². The lowest BCUT2D eigenvalue weighted by molar-refractivity contribution is -0.227. The number of hydrogen-bond acceptors (Lipinski definition) is 3. The lowest BCUT2D eigenvalue weighted by Crippen LogP contribution is -2.42. The molecule has 1 fully saturated rings. The van der Waals surface area contributed by atoms with Crippen molar-refractivity contribution in [1.82, 2.24) is 0 Å². The SMILES string of the molecule is CC(C)(CC[C@@H]1OC2(CCCC2)Oc2ccccc21)[Si](C)(C)O. The fraction of sp³-hybridized carbons (Fsp3) is 0.684. The van der Waals surface area contributed by atoms with Crippen molar-refractivity contribution in [3.05, 3.63) is 29.8 Å². The lowest BCUT2D eigenvalue weighted by atomic mass is 9.96. The summed E-state index contributed by atoms with van der Waals surface area (Å²) < 4.78 is 12.7. The quantitative estimate of drug-likeness (QED) is 0.773. The summed E-state index contributed by atoms with van der Waals surface area (Å²) in [5.74, 6) is 0.582. The van der Waals surface area contributed by atoms with Crippen LogP contribution >= 0.6 is 0 Å². The average molecular weight is 335 g/mol. The van der Waals surface area contributed by atoms with E-state index in [0.29, 0.717) is 0 Å². The minimum Gasteiger partial charge on any atom is -0.462 e. The van der Waals surface area contributed by atoms with Gasteiger partial charge in [-0.3, -0.25) is 0 Å². The zero-order valence-electron chi connectivity index (χ0n) is 14.9. The van der Waals surface area contributed by atoms with E-state index in [9.17, 15) is 4.80 Å². The lowest BCUT2D eigenvalue weighted by Gasteiger charge is -2.42.